The first kappa shape index (κ1) is 14.0. The number of aromatic nitrogens is 2. The number of fused-ring (bicyclic) bond motifs is 5. The maximum Gasteiger partial charge on any atom is 0.284 e. The van der Waals surface area contributed by atoms with Crippen molar-refractivity contribution in [2.45, 2.75) is 0 Å². The van der Waals surface area contributed by atoms with E-state index in [9.17, 15) is 0 Å². The van der Waals surface area contributed by atoms with Crippen molar-refractivity contribution in [3.8, 4) is 10.6 Å². The van der Waals surface area contributed by atoms with Gasteiger partial charge in [0.1, 0.15) is 10.5 Å². The zero-order chi connectivity index (χ0) is 17.1. The molecule has 0 saturated carbocycles. The van der Waals surface area contributed by atoms with Crippen molar-refractivity contribution in [1.82, 2.24) is 9.97 Å². The smallest absolute Gasteiger partial charge is 0.284 e. The van der Waals surface area contributed by atoms with Crippen molar-refractivity contribution in [1.29, 1.82) is 0 Å². The molecule has 0 N–H and O–H groups in total. The fraction of sp³-hybridized carbons (Fsp3) is 0. The summed E-state index contributed by atoms with van der Waals surface area (Å²) in [5, 5.41) is 5.58. The number of nitrogens with zero attached hydrogens (tertiary/aromatic N) is 2. The van der Waals surface area contributed by atoms with Crippen molar-refractivity contribution in [3.63, 3.8) is 0 Å². The van der Waals surface area contributed by atoms with E-state index in [0.717, 1.165) is 38.0 Å². The van der Waals surface area contributed by atoms with Gasteiger partial charge in [-0.2, -0.15) is 0 Å². The predicted octanol–water partition coefficient (Wildman–Crippen LogP) is 6.21. The van der Waals surface area contributed by atoms with Gasteiger partial charge >= 0.3 is 0 Å². The Balaban J connectivity index is 1.77. The first-order chi connectivity index (χ1) is 12.9. The van der Waals surface area contributed by atoms with Crippen molar-refractivity contribution in [2.75, 3.05) is 0 Å². The van der Waals surface area contributed by atoms with Crippen LogP contribution < -0.4 is 0 Å². The van der Waals surface area contributed by atoms with E-state index in [-0.39, 0.29) is 0 Å². The molecule has 2 heterocycles. The highest BCUT2D eigenvalue weighted by molar-refractivity contribution is 7.22. The van der Waals surface area contributed by atoms with Crippen LogP contribution >= 0.6 is 11.3 Å². The van der Waals surface area contributed by atoms with Gasteiger partial charge in [-0.1, -0.05) is 54.6 Å². The molecule has 26 heavy (non-hydrogen) atoms. The molecule has 0 aliphatic carbocycles. The van der Waals surface area contributed by atoms with Gasteiger partial charge in [-0.25, -0.2) is 9.97 Å². The van der Waals surface area contributed by atoms with Crippen LogP contribution in [-0.2, 0) is 0 Å². The van der Waals surface area contributed by atoms with Gasteiger partial charge in [-0.05, 0) is 28.3 Å². The molecule has 0 aliphatic rings. The fourth-order valence-electron chi connectivity index (χ4n) is 3.60. The van der Waals surface area contributed by atoms with E-state index >= 15 is 0 Å². The SMILES string of the molecule is [c]1nc2c(-c3nc4c(ccc5ccccc54)s3)c3ccccc3cc2o1. The van der Waals surface area contributed by atoms with Crippen LogP contribution in [-0.4, -0.2) is 9.97 Å². The Bertz CT molecular complexity index is 1440. The highest BCUT2D eigenvalue weighted by atomic mass is 32.1. The highest BCUT2D eigenvalue weighted by Gasteiger charge is 2.17. The molecule has 0 bridgehead atoms. The third-order valence-corrected chi connectivity index (χ3v) is 5.84. The Morgan fingerprint density at radius 1 is 0.808 bits per heavy atom. The lowest BCUT2D eigenvalue weighted by atomic mass is 10.0. The van der Waals surface area contributed by atoms with E-state index in [1.807, 2.05) is 18.2 Å². The first-order valence-electron chi connectivity index (χ1n) is 8.35. The average molecular weight is 351 g/mol. The van der Waals surface area contributed by atoms with Crippen LogP contribution in [0.1, 0.15) is 0 Å². The Labute approximate surface area is 152 Å². The van der Waals surface area contributed by atoms with Crippen LogP contribution in [0.25, 0.3) is 53.4 Å². The lowest BCUT2D eigenvalue weighted by Crippen LogP contribution is -1.84. The first-order valence-corrected chi connectivity index (χ1v) is 9.17. The summed E-state index contributed by atoms with van der Waals surface area (Å²) in [5.41, 5.74) is 3.61. The maximum atomic E-state index is 5.47. The lowest BCUT2D eigenvalue weighted by molar-refractivity contribution is 0.591. The van der Waals surface area contributed by atoms with Crippen LogP contribution in [0.5, 0.6) is 0 Å². The van der Waals surface area contributed by atoms with E-state index in [0.29, 0.717) is 0 Å². The Morgan fingerprint density at radius 3 is 2.54 bits per heavy atom. The predicted molar refractivity (Wildman–Crippen MR) is 106 cm³/mol. The van der Waals surface area contributed by atoms with Crippen LogP contribution in [0.3, 0.4) is 0 Å². The van der Waals surface area contributed by atoms with Crippen molar-refractivity contribution in [3.05, 3.63) is 73.1 Å². The molecule has 3 nitrogen and oxygen atoms in total. The third kappa shape index (κ3) is 1.87. The minimum Gasteiger partial charge on any atom is -0.432 e. The second kappa shape index (κ2) is 5.13. The molecule has 0 aliphatic heterocycles. The molecule has 6 aromatic rings. The second-order valence-corrected chi connectivity index (χ2v) is 7.31. The quantitative estimate of drug-likeness (QED) is 0.353. The molecule has 121 valence electrons. The summed E-state index contributed by atoms with van der Waals surface area (Å²) >= 11 is 1.69. The van der Waals surface area contributed by atoms with Gasteiger partial charge in [0.25, 0.3) is 6.39 Å². The van der Waals surface area contributed by atoms with Gasteiger partial charge in [-0.15, -0.1) is 11.3 Å². The van der Waals surface area contributed by atoms with Crippen molar-refractivity contribution < 1.29 is 4.42 Å². The second-order valence-electron chi connectivity index (χ2n) is 6.28. The largest absolute Gasteiger partial charge is 0.432 e. The molecule has 0 fully saturated rings. The van der Waals surface area contributed by atoms with Gasteiger partial charge in [-0.3, -0.25) is 0 Å². The van der Waals surface area contributed by atoms with E-state index in [2.05, 4.69) is 59.9 Å². The van der Waals surface area contributed by atoms with Crippen LogP contribution in [0, 0.1) is 6.39 Å². The average Bonchev–Trinajstić information content (AvgIpc) is 3.32. The molecule has 0 spiro atoms. The Hall–Kier alpha value is -3.24. The van der Waals surface area contributed by atoms with Crippen molar-refractivity contribution >= 4 is 54.2 Å². The Morgan fingerprint density at radius 2 is 1.62 bits per heavy atom. The molecule has 1 radical (unpaired) electrons. The molecular formula is C22H11N2OS. The highest BCUT2D eigenvalue weighted by Crippen LogP contribution is 2.40. The van der Waals surface area contributed by atoms with Gasteiger partial charge in [0, 0.05) is 10.9 Å². The summed E-state index contributed by atoms with van der Waals surface area (Å²) < 4.78 is 6.65. The van der Waals surface area contributed by atoms with Crippen LogP contribution in [0.15, 0.2) is 71.1 Å². The number of hydrogen-bond acceptors (Lipinski definition) is 4. The number of thiazole rings is 1. The molecule has 0 amide bonds. The Kier molecular flexibility index (Phi) is 2.76. The standard InChI is InChI=1S/C22H11N2OS/c1-4-8-16-13(5-1)9-10-18-20(16)24-22(26-18)19-15-7-3-2-6-14(15)11-17-21(19)23-12-25-17/h1-11H. The number of hydrogen-bond donors (Lipinski definition) is 0. The zero-order valence-corrected chi connectivity index (χ0v) is 14.4. The zero-order valence-electron chi connectivity index (χ0n) is 13.6. The minimum atomic E-state index is 0.739. The van der Waals surface area contributed by atoms with Gasteiger partial charge in [0.15, 0.2) is 5.58 Å². The maximum absolute atomic E-state index is 5.47. The van der Waals surface area contributed by atoms with Gasteiger partial charge in [0.2, 0.25) is 0 Å². The van der Waals surface area contributed by atoms with Crippen LogP contribution in [0.4, 0.5) is 0 Å². The summed E-state index contributed by atoms with van der Waals surface area (Å²) in [6, 6.07) is 23.0. The van der Waals surface area contributed by atoms with Gasteiger partial charge in [0.05, 0.1) is 10.2 Å². The van der Waals surface area contributed by atoms with E-state index < -0.39 is 0 Å². The third-order valence-electron chi connectivity index (χ3n) is 4.80. The van der Waals surface area contributed by atoms with E-state index in [4.69, 9.17) is 9.40 Å². The number of oxazole rings is 1. The van der Waals surface area contributed by atoms with Crippen LogP contribution in [0.2, 0.25) is 0 Å². The molecular weight excluding hydrogens is 340 g/mol. The molecule has 6 rings (SSSR count). The molecule has 2 aromatic heterocycles. The molecule has 0 saturated heterocycles. The summed E-state index contributed by atoms with van der Waals surface area (Å²) in [5.74, 6) is 0. The van der Waals surface area contributed by atoms with E-state index in [1.54, 1.807) is 11.3 Å². The number of benzene rings is 4. The van der Waals surface area contributed by atoms with E-state index in [1.165, 1.54) is 15.5 Å². The molecule has 0 atom stereocenters. The van der Waals surface area contributed by atoms with Gasteiger partial charge < -0.3 is 4.42 Å². The summed E-state index contributed by atoms with van der Waals surface area (Å²) in [7, 11) is 0. The molecule has 4 aromatic carbocycles. The number of rotatable bonds is 1. The fourth-order valence-corrected chi connectivity index (χ4v) is 4.64. The monoisotopic (exact) mass is 351 g/mol. The normalized spacial score (nSPS) is 11.8. The molecule has 4 heteroatoms. The molecule has 0 unspecified atom stereocenters. The summed E-state index contributed by atoms with van der Waals surface area (Å²) in [6.07, 6.45) is 2.64. The summed E-state index contributed by atoms with van der Waals surface area (Å²) in [4.78, 5) is 9.37. The topological polar surface area (TPSA) is 38.9 Å². The van der Waals surface area contributed by atoms with Crippen molar-refractivity contribution in [2.24, 2.45) is 0 Å². The lowest BCUT2D eigenvalue weighted by Gasteiger charge is -2.04. The minimum absolute atomic E-state index is 0.739. The summed E-state index contributed by atoms with van der Waals surface area (Å²) in [6.45, 7) is 0.